The molecule has 0 bridgehead atoms. The van der Waals surface area contributed by atoms with E-state index in [0.717, 1.165) is 6.07 Å². The van der Waals surface area contributed by atoms with E-state index in [9.17, 15) is 18.5 Å². The summed E-state index contributed by atoms with van der Waals surface area (Å²) < 4.78 is 31.8. The Labute approximate surface area is 170 Å². The van der Waals surface area contributed by atoms with E-state index in [1.165, 1.54) is 18.2 Å². The van der Waals surface area contributed by atoms with E-state index in [0.29, 0.717) is 32.3 Å². The molecule has 0 heterocycles. The van der Waals surface area contributed by atoms with Crippen molar-refractivity contribution in [3.63, 3.8) is 0 Å². The van der Waals surface area contributed by atoms with Crippen molar-refractivity contribution in [2.24, 2.45) is 4.99 Å². The van der Waals surface area contributed by atoms with E-state index in [1.54, 1.807) is 7.05 Å². The Kier molecular flexibility index (Phi) is 12.0. The van der Waals surface area contributed by atoms with E-state index in [4.69, 9.17) is 4.74 Å². The van der Waals surface area contributed by atoms with Gasteiger partial charge in [-0.25, -0.2) is 13.1 Å². The highest BCUT2D eigenvalue weighted by Crippen LogP contribution is 2.16. The van der Waals surface area contributed by atoms with Crippen molar-refractivity contribution in [3.05, 3.63) is 34.4 Å². The molecule has 0 aliphatic rings. The summed E-state index contributed by atoms with van der Waals surface area (Å²) >= 11 is 0. The fourth-order valence-corrected chi connectivity index (χ4v) is 2.89. The van der Waals surface area contributed by atoms with Gasteiger partial charge in [0.25, 0.3) is 5.69 Å². The van der Waals surface area contributed by atoms with Crippen molar-refractivity contribution in [3.8, 4) is 0 Å². The predicted octanol–water partition coefficient (Wildman–Crippen LogP) is 0.693. The average molecular weight is 501 g/mol. The quantitative estimate of drug-likeness (QED) is 0.107. The lowest BCUT2D eigenvalue weighted by molar-refractivity contribution is -0.385. The molecule has 3 N–H and O–H groups in total. The molecule has 0 aliphatic heterocycles. The lowest BCUT2D eigenvalue weighted by atomic mass is 10.3. The first-order valence-electron chi connectivity index (χ1n) is 7.67. The van der Waals surface area contributed by atoms with E-state index in [1.807, 2.05) is 6.92 Å². The lowest BCUT2D eigenvalue weighted by Crippen LogP contribution is -2.42. The third kappa shape index (κ3) is 8.73. The third-order valence-electron chi connectivity index (χ3n) is 3.01. The highest BCUT2D eigenvalue weighted by atomic mass is 127. The standard InChI is InChI=1S/C14H23N5O5S.HI/c1-3-24-10-9-17-14(15-2)16-7-8-18-25(22,23)13-6-4-5-12(11-13)19(20)21;/h4-6,11,18H,3,7-10H2,1-2H3,(H2,15,16,17);1H. The number of nitro benzene ring substituents is 1. The molecule has 148 valence electrons. The molecule has 1 aromatic rings. The van der Waals surface area contributed by atoms with Gasteiger partial charge in [0.2, 0.25) is 10.0 Å². The van der Waals surface area contributed by atoms with E-state index >= 15 is 0 Å². The van der Waals surface area contributed by atoms with Crippen molar-refractivity contribution >= 4 is 45.6 Å². The monoisotopic (exact) mass is 501 g/mol. The van der Waals surface area contributed by atoms with Gasteiger partial charge in [0.1, 0.15) is 0 Å². The molecule has 1 rings (SSSR count). The highest BCUT2D eigenvalue weighted by molar-refractivity contribution is 14.0. The molecule has 0 amide bonds. The van der Waals surface area contributed by atoms with Gasteiger partial charge in [-0.05, 0) is 13.0 Å². The normalized spacial score (nSPS) is 11.5. The Bertz CT molecular complexity index is 699. The molecule has 0 aromatic heterocycles. The van der Waals surface area contributed by atoms with Gasteiger partial charge in [-0.15, -0.1) is 24.0 Å². The van der Waals surface area contributed by atoms with Gasteiger partial charge in [-0.2, -0.15) is 0 Å². The summed E-state index contributed by atoms with van der Waals surface area (Å²) in [5, 5.41) is 16.7. The predicted molar refractivity (Wildman–Crippen MR) is 110 cm³/mol. The zero-order valence-corrected chi connectivity index (χ0v) is 17.7. The number of hydrogen-bond acceptors (Lipinski definition) is 6. The molecule has 1 aromatic carbocycles. The summed E-state index contributed by atoms with van der Waals surface area (Å²) in [6, 6.07) is 4.88. The van der Waals surface area contributed by atoms with Gasteiger partial charge < -0.3 is 15.4 Å². The van der Waals surface area contributed by atoms with Gasteiger partial charge in [-0.1, -0.05) is 6.07 Å². The maximum absolute atomic E-state index is 12.1. The Morgan fingerprint density at radius 2 is 1.96 bits per heavy atom. The van der Waals surface area contributed by atoms with Crippen LogP contribution in [0.1, 0.15) is 6.92 Å². The maximum atomic E-state index is 12.1. The van der Waals surface area contributed by atoms with Crippen LogP contribution in [0.3, 0.4) is 0 Å². The van der Waals surface area contributed by atoms with Crippen LogP contribution in [0, 0.1) is 10.1 Å². The first-order chi connectivity index (χ1) is 11.9. The second-order valence-corrected chi connectivity index (χ2v) is 6.54. The smallest absolute Gasteiger partial charge is 0.270 e. The van der Waals surface area contributed by atoms with Crippen molar-refractivity contribution in [1.82, 2.24) is 15.4 Å². The van der Waals surface area contributed by atoms with E-state index < -0.39 is 14.9 Å². The fourth-order valence-electron chi connectivity index (χ4n) is 1.82. The fraction of sp³-hybridized carbons (Fsp3) is 0.500. The minimum atomic E-state index is -3.82. The molecule has 10 nitrogen and oxygen atoms in total. The molecular weight excluding hydrogens is 477 g/mol. The van der Waals surface area contributed by atoms with Gasteiger partial charge in [0, 0.05) is 45.4 Å². The molecule has 26 heavy (non-hydrogen) atoms. The number of non-ortho nitro benzene ring substituents is 1. The van der Waals surface area contributed by atoms with Crippen LogP contribution in [0.2, 0.25) is 0 Å². The van der Waals surface area contributed by atoms with Gasteiger partial charge in [0.05, 0.1) is 16.4 Å². The largest absolute Gasteiger partial charge is 0.380 e. The summed E-state index contributed by atoms with van der Waals surface area (Å²) in [6.07, 6.45) is 0. The molecule has 0 atom stereocenters. The number of benzene rings is 1. The van der Waals surface area contributed by atoms with Crippen molar-refractivity contribution in [1.29, 1.82) is 0 Å². The third-order valence-corrected chi connectivity index (χ3v) is 4.47. The van der Waals surface area contributed by atoms with E-state index in [-0.39, 0.29) is 41.1 Å². The van der Waals surface area contributed by atoms with Gasteiger partial charge in [-0.3, -0.25) is 15.1 Å². The van der Waals surface area contributed by atoms with Crippen molar-refractivity contribution in [2.75, 3.05) is 39.9 Å². The van der Waals surface area contributed by atoms with Crippen LogP contribution in [-0.4, -0.2) is 59.2 Å². The van der Waals surface area contributed by atoms with Gasteiger partial charge >= 0.3 is 0 Å². The Morgan fingerprint density at radius 1 is 1.27 bits per heavy atom. The summed E-state index contributed by atoms with van der Waals surface area (Å²) in [5.74, 6) is 0.522. The number of halogens is 1. The topological polar surface area (TPSA) is 135 Å². The van der Waals surface area contributed by atoms with Crippen molar-refractivity contribution in [2.45, 2.75) is 11.8 Å². The summed E-state index contributed by atoms with van der Waals surface area (Å²) in [6.45, 7) is 4.04. The SMILES string of the molecule is CCOCCNC(=NC)NCCNS(=O)(=O)c1cccc([N+](=O)[O-])c1.I. The Balaban J connectivity index is 0.00000625. The number of guanidine groups is 1. The molecule has 0 saturated heterocycles. The molecule has 0 fully saturated rings. The number of aliphatic imine (C=N–C) groups is 1. The average Bonchev–Trinajstić information content (AvgIpc) is 2.60. The number of ether oxygens (including phenoxy) is 1. The zero-order chi connectivity index (χ0) is 18.7. The lowest BCUT2D eigenvalue weighted by Gasteiger charge is -2.12. The van der Waals surface area contributed by atoms with Crippen molar-refractivity contribution < 1.29 is 18.1 Å². The summed E-state index contributed by atoms with van der Waals surface area (Å²) in [4.78, 5) is 13.9. The molecule has 0 radical (unpaired) electrons. The van der Waals surface area contributed by atoms with Crippen LogP contribution in [0.5, 0.6) is 0 Å². The van der Waals surface area contributed by atoms with Crippen LogP contribution < -0.4 is 15.4 Å². The molecule has 0 spiro atoms. The second kappa shape index (κ2) is 12.8. The highest BCUT2D eigenvalue weighted by Gasteiger charge is 2.16. The Morgan fingerprint density at radius 3 is 2.58 bits per heavy atom. The number of nitrogens with one attached hydrogen (secondary N) is 3. The molecule has 12 heteroatoms. The minimum Gasteiger partial charge on any atom is -0.380 e. The Hall–Kier alpha value is -1.51. The number of sulfonamides is 1. The maximum Gasteiger partial charge on any atom is 0.270 e. The summed E-state index contributed by atoms with van der Waals surface area (Å²) in [7, 11) is -2.22. The van der Waals surface area contributed by atoms with Crippen LogP contribution in [0.25, 0.3) is 0 Å². The molecule has 0 aliphatic carbocycles. The molecule has 0 unspecified atom stereocenters. The van der Waals surface area contributed by atoms with Gasteiger partial charge in [0.15, 0.2) is 5.96 Å². The number of nitrogens with zero attached hydrogens (tertiary/aromatic N) is 2. The minimum absolute atomic E-state index is 0. The number of nitro groups is 1. The number of rotatable bonds is 10. The summed E-state index contributed by atoms with van der Waals surface area (Å²) in [5.41, 5.74) is -0.278. The first kappa shape index (κ1) is 24.5. The van der Waals surface area contributed by atoms with Crippen LogP contribution in [0.4, 0.5) is 5.69 Å². The second-order valence-electron chi connectivity index (χ2n) is 4.77. The van der Waals surface area contributed by atoms with Crippen LogP contribution in [0.15, 0.2) is 34.2 Å². The molecular formula is C14H24IN5O5S. The van der Waals surface area contributed by atoms with Crippen LogP contribution >= 0.6 is 24.0 Å². The zero-order valence-electron chi connectivity index (χ0n) is 14.6. The first-order valence-corrected chi connectivity index (χ1v) is 9.15. The van der Waals surface area contributed by atoms with E-state index in [2.05, 4.69) is 20.3 Å². The molecule has 0 saturated carbocycles. The van der Waals surface area contributed by atoms with Crippen LogP contribution in [-0.2, 0) is 14.8 Å². The number of hydrogen-bond donors (Lipinski definition) is 3.